The second-order valence-corrected chi connectivity index (χ2v) is 17.0. The minimum absolute atomic E-state index is 0.0408. The van der Waals surface area contributed by atoms with Crippen LogP contribution in [0.3, 0.4) is 0 Å². The highest BCUT2D eigenvalue weighted by Gasteiger charge is 2.22. The normalized spacial score (nSPS) is 12.6. The molecule has 3 atom stereocenters. The van der Waals surface area contributed by atoms with Gasteiger partial charge in [0.2, 0.25) is 35.4 Å². The number of rotatable bonds is 44. The molecule has 356 valence electrons. The van der Waals surface area contributed by atoms with E-state index in [-0.39, 0.29) is 29.5 Å². The van der Waals surface area contributed by atoms with Gasteiger partial charge >= 0.3 is 0 Å². The molecule has 0 spiro atoms. The van der Waals surface area contributed by atoms with E-state index in [9.17, 15) is 28.8 Å². The fourth-order valence-corrected chi connectivity index (χ4v) is 7.35. The van der Waals surface area contributed by atoms with E-state index < -0.39 is 24.0 Å². The van der Waals surface area contributed by atoms with Crippen molar-refractivity contribution in [3.63, 3.8) is 0 Å². The summed E-state index contributed by atoms with van der Waals surface area (Å²) < 4.78 is 0. The number of carbonyl (C=O) groups excluding carboxylic acids is 6. The number of amides is 6. The number of nitrogens with two attached hydrogens (primary N) is 1. The van der Waals surface area contributed by atoms with Crippen LogP contribution in [0.1, 0.15) is 206 Å². The van der Waals surface area contributed by atoms with Crippen LogP contribution in [0.25, 0.3) is 0 Å². The molecule has 0 aliphatic heterocycles. The quantitative estimate of drug-likeness (QED) is 0.0415. The van der Waals surface area contributed by atoms with E-state index in [4.69, 9.17) is 5.73 Å². The number of primary amides is 1. The maximum atomic E-state index is 13.0. The van der Waals surface area contributed by atoms with Gasteiger partial charge in [-0.05, 0) is 89.9 Å². The van der Waals surface area contributed by atoms with E-state index >= 15 is 0 Å². The van der Waals surface area contributed by atoms with Crippen molar-refractivity contribution in [3.8, 4) is 0 Å². The van der Waals surface area contributed by atoms with Gasteiger partial charge in [-0.1, -0.05) is 96.8 Å². The summed E-state index contributed by atoms with van der Waals surface area (Å²) in [6, 6.07) is -1.70. The monoisotopic (exact) mass is 869 g/mol. The highest BCUT2D eigenvalue weighted by molar-refractivity contribution is 5.88. The van der Waals surface area contributed by atoms with Crippen molar-refractivity contribution in [2.24, 2.45) is 5.73 Å². The van der Waals surface area contributed by atoms with Crippen molar-refractivity contribution >= 4 is 35.4 Å². The van der Waals surface area contributed by atoms with Crippen LogP contribution in [-0.2, 0) is 28.8 Å². The topological polar surface area (TPSA) is 272 Å². The molecular weight excluding hydrogens is 775 g/mol. The summed E-state index contributed by atoms with van der Waals surface area (Å²) in [5.74, 6) is -1.08. The highest BCUT2D eigenvalue weighted by Crippen LogP contribution is 2.12. The lowest BCUT2D eigenvalue weighted by atomic mass is 10.1. The molecule has 0 saturated heterocycles. The third-order valence-electron chi connectivity index (χ3n) is 11.2. The Kier molecular flexibility index (Phi) is 39.7. The molecule has 15 heteroatoms. The molecule has 3 unspecified atom stereocenters. The Hall–Kier alpha value is -3.30. The van der Waals surface area contributed by atoms with Crippen molar-refractivity contribution in [1.82, 2.24) is 26.6 Å². The third kappa shape index (κ3) is 35.9. The molecule has 0 saturated carbocycles. The molecule has 0 heterocycles. The lowest BCUT2D eigenvalue weighted by molar-refractivity contribution is -0.368. The Labute approximate surface area is 369 Å². The van der Waals surface area contributed by atoms with Crippen LogP contribution < -0.4 is 49.5 Å². The van der Waals surface area contributed by atoms with Crippen molar-refractivity contribution in [2.75, 3.05) is 32.7 Å². The van der Waals surface area contributed by atoms with Crippen LogP contribution in [-0.4, -0.2) is 86.3 Å². The molecule has 0 fully saturated rings. The van der Waals surface area contributed by atoms with Gasteiger partial charge in [-0.2, -0.15) is 0 Å². The highest BCUT2D eigenvalue weighted by atomic mass is 16.2. The van der Waals surface area contributed by atoms with Crippen LogP contribution in [0.15, 0.2) is 0 Å². The molecule has 0 bridgehead atoms. The van der Waals surface area contributed by atoms with Gasteiger partial charge in [0.1, 0.15) is 18.1 Å². The maximum absolute atomic E-state index is 13.0. The van der Waals surface area contributed by atoms with Crippen molar-refractivity contribution in [3.05, 3.63) is 0 Å². The average molecular weight is 869 g/mol. The summed E-state index contributed by atoms with van der Waals surface area (Å²) in [7, 11) is 0. The van der Waals surface area contributed by atoms with Crippen molar-refractivity contribution in [2.45, 2.75) is 224 Å². The summed E-state index contributed by atoms with van der Waals surface area (Å²) >= 11 is 0. The molecule has 61 heavy (non-hydrogen) atoms. The molecule has 0 aromatic carbocycles. The number of hydrogen-bond donors (Lipinski definition) is 9. The van der Waals surface area contributed by atoms with Crippen LogP contribution in [0.4, 0.5) is 0 Å². The van der Waals surface area contributed by atoms with Gasteiger partial charge in [-0.15, -0.1) is 0 Å². The second-order valence-electron chi connectivity index (χ2n) is 17.0. The lowest BCUT2D eigenvalue weighted by Crippen LogP contribution is -2.50. The molecular formula is C46H94N9O6+3. The Bertz CT molecular complexity index is 1140. The van der Waals surface area contributed by atoms with E-state index in [1.165, 1.54) is 38.5 Å². The third-order valence-corrected chi connectivity index (χ3v) is 11.2. The van der Waals surface area contributed by atoms with E-state index in [2.05, 4.69) is 50.7 Å². The fourth-order valence-electron chi connectivity index (χ4n) is 7.35. The summed E-state index contributed by atoms with van der Waals surface area (Å²) in [5.41, 5.74) is 17.0. The number of hydrogen-bond acceptors (Lipinski definition) is 6. The molecule has 0 rings (SSSR count). The molecule has 0 aliphatic rings. The van der Waals surface area contributed by atoms with Crippen LogP contribution in [0, 0.1) is 0 Å². The van der Waals surface area contributed by atoms with E-state index in [0.717, 1.165) is 142 Å². The van der Waals surface area contributed by atoms with Gasteiger partial charge in [-0.25, -0.2) is 0 Å². The van der Waals surface area contributed by atoms with Crippen LogP contribution >= 0.6 is 0 Å². The van der Waals surface area contributed by atoms with Gasteiger partial charge in [0.15, 0.2) is 0 Å². The van der Waals surface area contributed by atoms with Gasteiger partial charge in [0, 0.05) is 32.4 Å². The second kappa shape index (κ2) is 42.0. The van der Waals surface area contributed by atoms with Gasteiger partial charge in [-0.3, -0.25) is 28.8 Å². The standard InChI is InChI=1S/C46H91N9O6/c1-2-3-4-5-6-7-8-11-16-31-42(57)54-39(28-20-23-34-48)45(60)52-37-26-15-10-13-18-32-43(58)55-40(29-21-24-35-49)46(61)51-36-25-14-9-12-17-30-41(56)53-38(44(50)59)27-19-22-33-47/h38-40H,2-37,47-49H2,1H3,(H2,50,59)(H,51,61)(H,52,60)(H,53,56)(H,54,57)(H,55,58)/p+3. The number of nitrogens with one attached hydrogen (secondary N) is 5. The number of quaternary nitrogens is 3. The minimum atomic E-state index is -0.626. The molecule has 0 aliphatic carbocycles. The van der Waals surface area contributed by atoms with Crippen LogP contribution in [0.5, 0.6) is 0 Å². The van der Waals surface area contributed by atoms with E-state index in [1.807, 2.05) is 0 Å². The van der Waals surface area contributed by atoms with E-state index in [1.54, 1.807) is 0 Å². The molecule has 0 radical (unpaired) electrons. The van der Waals surface area contributed by atoms with E-state index in [0.29, 0.717) is 51.6 Å². The number of carbonyl (C=O) groups is 6. The smallest absolute Gasteiger partial charge is 0.242 e. The summed E-state index contributed by atoms with van der Waals surface area (Å²) in [6.07, 6.45) is 27.4. The molecule has 15 nitrogen and oxygen atoms in total. The first-order valence-electron chi connectivity index (χ1n) is 24.7. The zero-order valence-corrected chi connectivity index (χ0v) is 38.8. The first-order valence-corrected chi connectivity index (χ1v) is 24.7. The molecule has 16 N–H and O–H groups in total. The van der Waals surface area contributed by atoms with Gasteiger partial charge in [0.25, 0.3) is 0 Å². The predicted molar refractivity (Wildman–Crippen MR) is 243 cm³/mol. The number of unbranched alkanes of at least 4 members (excludes halogenated alkanes) is 19. The van der Waals surface area contributed by atoms with Crippen molar-refractivity contribution in [1.29, 1.82) is 0 Å². The zero-order chi connectivity index (χ0) is 45.2. The summed E-state index contributed by atoms with van der Waals surface area (Å²) in [4.78, 5) is 75.4. The molecule has 6 amide bonds. The average Bonchev–Trinajstić information content (AvgIpc) is 3.23. The van der Waals surface area contributed by atoms with Gasteiger partial charge < -0.3 is 49.5 Å². The lowest BCUT2D eigenvalue weighted by Gasteiger charge is -2.19. The Morgan fingerprint density at radius 3 is 1.02 bits per heavy atom. The SMILES string of the molecule is CCCCCCCCCCCC(=O)NC(CCCC[NH3+])C(=O)NCCCCCCCC(=O)NC(CCCC[NH3+])C(=O)NCCCCCCCC(=O)NC(CCCC[NH3+])C(N)=O. The fraction of sp³-hybridized carbons (Fsp3) is 0.870. The Morgan fingerprint density at radius 2 is 0.689 bits per heavy atom. The summed E-state index contributed by atoms with van der Waals surface area (Å²) in [6.45, 7) is 5.69. The first kappa shape index (κ1) is 57.7. The maximum Gasteiger partial charge on any atom is 0.242 e. The van der Waals surface area contributed by atoms with Crippen molar-refractivity contribution < 1.29 is 46.0 Å². The Morgan fingerprint density at radius 1 is 0.393 bits per heavy atom. The minimum Gasteiger partial charge on any atom is -0.368 e. The summed E-state index contributed by atoms with van der Waals surface area (Å²) in [5, 5.41) is 14.7. The molecule has 0 aromatic rings. The van der Waals surface area contributed by atoms with Gasteiger partial charge in [0.05, 0.1) is 19.6 Å². The van der Waals surface area contributed by atoms with Crippen LogP contribution in [0.2, 0.25) is 0 Å². The first-order chi connectivity index (χ1) is 29.6. The largest absolute Gasteiger partial charge is 0.368 e. The zero-order valence-electron chi connectivity index (χ0n) is 38.8. The Balaban J connectivity index is 4.34. The predicted octanol–water partition coefficient (Wildman–Crippen LogP) is 3.00. The molecule has 0 aromatic heterocycles.